The average Bonchev–Trinajstić information content (AvgIpc) is 2.52. The lowest BCUT2D eigenvalue weighted by atomic mass is 10.1. The van der Waals surface area contributed by atoms with Crippen molar-refractivity contribution in [1.29, 1.82) is 0 Å². The minimum atomic E-state index is -5.02. The zero-order valence-corrected chi connectivity index (χ0v) is 15.9. The van der Waals surface area contributed by atoms with Gasteiger partial charge in [0.05, 0.1) is 10.5 Å². The van der Waals surface area contributed by atoms with Crippen LogP contribution in [0.25, 0.3) is 0 Å². The summed E-state index contributed by atoms with van der Waals surface area (Å²) in [6.45, 7) is 3.02. The Labute approximate surface area is 159 Å². The first-order valence-electron chi connectivity index (χ1n) is 7.81. The molecule has 0 aliphatic carbocycles. The summed E-state index contributed by atoms with van der Waals surface area (Å²) in [5, 5.41) is 11.0. The Morgan fingerprint density at radius 2 is 1.93 bits per heavy atom. The number of aromatic hydroxyl groups is 1. The predicted molar refractivity (Wildman–Crippen MR) is 88.1 cm³/mol. The first kappa shape index (κ1) is 23.3. The van der Waals surface area contributed by atoms with Gasteiger partial charge in [0.15, 0.2) is 0 Å². The maximum atomic E-state index is 13.0. The average molecular weight is 466 g/mol. The van der Waals surface area contributed by atoms with Crippen LogP contribution in [-0.2, 0) is 0 Å². The zero-order chi connectivity index (χ0) is 21.0. The standard InChI is InChI=1S/C15H18BrF6N3O2/c1-3-25(8(2)9-6-10(16)12(26)23-7-9)13(27)24-11(15(20,21)22)4-5-14(17,18)19/h6-8,11H,3-5H2,1-2H3,(H,23,26)(H,24,27)/t8-,11?/m1/s1. The lowest BCUT2D eigenvalue weighted by molar-refractivity contribution is -0.171. The van der Waals surface area contributed by atoms with E-state index in [1.807, 2.05) is 0 Å². The van der Waals surface area contributed by atoms with Crippen molar-refractivity contribution in [1.82, 2.24) is 15.2 Å². The molecule has 5 nitrogen and oxygen atoms in total. The second-order valence-electron chi connectivity index (χ2n) is 5.73. The molecule has 0 aliphatic rings. The van der Waals surface area contributed by atoms with Gasteiger partial charge in [-0.25, -0.2) is 9.78 Å². The highest BCUT2D eigenvalue weighted by molar-refractivity contribution is 9.10. The summed E-state index contributed by atoms with van der Waals surface area (Å²) < 4.78 is 76.0. The van der Waals surface area contributed by atoms with Crippen LogP contribution in [0.5, 0.6) is 5.88 Å². The maximum Gasteiger partial charge on any atom is 0.408 e. The van der Waals surface area contributed by atoms with E-state index in [1.165, 1.54) is 26.1 Å². The number of nitrogens with one attached hydrogen (secondary N) is 1. The monoisotopic (exact) mass is 465 g/mol. The second kappa shape index (κ2) is 8.98. The molecular formula is C15H18BrF6N3O2. The lowest BCUT2D eigenvalue weighted by Crippen LogP contribution is -2.51. The van der Waals surface area contributed by atoms with Crippen molar-refractivity contribution in [2.45, 2.75) is 51.1 Å². The van der Waals surface area contributed by atoms with Gasteiger partial charge in [0, 0.05) is 19.2 Å². The maximum absolute atomic E-state index is 13.0. The smallest absolute Gasteiger partial charge is 0.408 e. The third kappa shape index (κ3) is 7.07. The van der Waals surface area contributed by atoms with E-state index < -0.39 is 43.3 Å². The Kier molecular flexibility index (Phi) is 7.76. The molecule has 1 aromatic rings. The Hall–Kier alpha value is -1.72. The lowest BCUT2D eigenvalue weighted by Gasteiger charge is -2.31. The number of rotatable bonds is 6. The van der Waals surface area contributed by atoms with Crippen LogP contribution in [0.2, 0.25) is 0 Å². The molecule has 1 aromatic heterocycles. The molecule has 0 bridgehead atoms. The SMILES string of the molecule is CCN(C(=O)NC(CCC(F)(F)F)C(F)(F)F)[C@H](C)c1cnc(O)c(Br)c1. The molecule has 0 saturated carbocycles. The normalized spacial score (nSPS) is 14.6. The number of hydrogen-bond acceptors (Lipinski definition) is 3. The van der Waals surface area contributed by atoms with E-state index in [0.29, 0.717) is 5.56 Å². The van der Waals surface area contributed by atoms with Crippen LogP contribution in [0.1, 0.15) is 38.3 Å². The number of nitrogens with zero attached hydrogens (tertiary/aromatic N) is 2. The van der Waals surface area contributed by atoms with Crippen LogP contribution in [0, 0.1) is 0 Å². The Morgan fingerprint density at radius 1 is 1.33 bits per heavy atom. The van der Waals surface area contributed by atoms with Crippen molar-refractivity contribution in [2.24, 2.45) is 0 Å². The third-order valence-electron chi connectivity index (χ3n) is 3.80. The molecule has 1 heterocycles. The molecule has 0 aromatic carbocycles. The highest BCUT2D eigenvalue weighted by Crippen LogP contribution is 2.30. The second-order valence-corrected chi connectivity index (χ2v) is 6.59. The van der Waals surface area contributed by atoms with E-state index in [9.17, 15) is 36.2 Å². The Morgan fingerprint density at radius 3 is 2.37 bits per heavy atom. The quantitative estimate of drug-likeness (QED) is 0.586. The zero-order valence-electron chi connectivity index (χ0n) is 14.3. The molecule has 27 heavy (non-hydrogen) atoms. The summed E-state index contributed by atoms with van der Waals surface area (Å²) in [5.74, 6) is -0.303. The van der Waals surface area contributed by atoms with Gasteiger partial charge in [-0.15, -0.1) is 0 Å². The first-order valence-corrected chi connectivity index (χ1v) is 8.60. The molecule has 0 spiro atoms. The topological polar surface area (TPSA) is 65.5 Å². The number of hydrogen-bond donors (Lipinski definition) is 2. The van der Waals surface area contributed by atoms with Crippen molar-refractivity contribution >= 4 is 22.0 Å². The summed E-state index contributed by atoms with van der Waals surface area (Å²) in [6, 6.07) is -3.08. The highest BCUT2D eigenvalue weighted by Gasteiger charge is 2.43. The molecule has 0 saturated heterocycles. The van der Waals surface area contributed by atoms with Crippen molar-refractivity contribution in [3.05, 3.63) is 22.3 Å². The van der Waals surface area contributed by atoms with Gasteiger partial charge in [-0.2, -0.15) is 26.3 Å². The van der Waals surface area contributed by atoms with Gasteiger partial charge < -0.3 is 15.3 Å². The molecule has 1 rings (SSSR count). The molecule has 0 aliphatic heterocycles. The number of alkyl halides is 6. The number of pyridine rings is 1. The van der Waals surface area contributed by atoms with Crippen molar-refractivity contribution in [3.63, 3.8) is 0 Å². The molecule has 2 atom stereocenters. The van der Waals surface area contributed by atoms with Gasteiger partial charge >= 0.3 is 18.4 Å². The molecular weight excluding hydrogens is 448 g/mol. The minimum Gasteiger partial charge on any atom is -0.492 e. The fraction of sp³-hybridized carbons (Fsp3) is 0.600. The number of urea groups is 1. The van der Waals surface area contributed by atoms with Crippen LogP contribution in [0.15, 0.2) is 16.7 Å². The van der Waals surface area contributed by atoms with Crippen LogP contribution < -0.4 is 5.32 Å². The molecule has 2 amide bonds. The fourth-order valence-electron chi connectivity index (χ4n) is 2.30. The number of amides is 2. The third-order valence-corrected chi connectivity index (χ3v) is 4.39. The number of halogens is 7. The van der Waals surface area contributed by atoms with Gasteiger partial charge in [-0.05, 0) is 47.8 Å². The highest BCUT2D eigenvalue weighted by atomic mass is 79.9. The largest absolute Gasteiger partial charge is 0.492 e. The molecule has 0 fully saturated rings. The van der Waals surface area contributed by atoms with Crippen molar-refractivity contribution in [3.8, 4) is 5.88 Å². The number of carbonyl (C=O) groups excluding carboxylic acids is 1. The van der Waals surface area contributed by atoms with Crippen LogP contribution in [0.4, 0.5) is 31.1 Å². The van der Waals surface area contributed by atoms with Gasteiger partial charge in [-0.3, -0.25) is 0 Å². The van der Waals surface area contributed by atoms with E-state index >= 15 is 0 Å². The van der Waals surface area contributed by atoms with Crippen LogP contribution in [0.3, 0.4) is 0 Å². The summed E-state index contributed by atoms with van der Waals surface area (Å²) in [6.07, 6.45) is -11.5. The van der Waals surface area contributed by atoms with Crippen molar-refractivity contribution < 1.29 is 36.2 Å². The van der Waals surface area contributed by atoms with Crippen LogP contribution >= 0.6 is 15.9 Å². The molecule has 2 N–H and O–H groups in total. The Bertz CT molecular complexity index is 653. The molecule has 0 radical (unpaired) electrons. The summed E-state index contributed by atoms with van der Waals surface area (Å²) in [7, 11) is 0. The molecule has 12 heteroatoms. The molecule has 1 unspecified atom stereocenters. The summed E-state index contributed by atoms with van der Waals surface area (Å²) in [4.78, 5) is 17.0. The number of carbonyl (C=O) groups is 1. The van der Waals surface area contributed by atoms with Gasteiger partial charge in [0.2, 0.25) is 5.88 Å². The fourth-order valence-corrected chi connectivity index (χ4v) is 2.67. The number of aromatic nitrogens is 1. The Balaban J connectivity index is 2.94. The minimum absolute atomic E-state index is 0.00462. The van der Waals surface area contributed by atoms with Crippen LogP contribution in [-0.4, -0.2) is 46.0 Å². The van der Waals surface area contributed by atoms with Gasteiger partial charge in [0.25, 0.3) is 0 Å². The molecule has 154 valence electrons. The van der Waals surface area contributed by atoms with E-state index in [2.05, 4.69) is 20.9 Å². The summed E-state index contributed by atoms with van der Waals surface area (Å²) in [5.41, 5.74) is 0.413. The van der Waals surface area contributed by atoms with E-state index in [1.54, 1.807) is 5.32 Å². The first-order chi connectivity index (χ1) is 12.3. The van der Waals surface area contributed by atoms with E-state index in [0.717, 1.165) is 4.90 Å². The van der Waals surface area contributed by atoms with Gasteiger partial charge in [-0.1, -0.05) is 0 Å². The van der Waals surface area contributed by atoms with E-state index in [4.69, 9.17) is 0 Å². The summed E-state index contributed by atoms with van der Waals surface area (Å²) >= 11 is 3.04. The van der Waals surface area contributed by atoms with Gasteiger partial charge in [0.1, 0.15) is 6.04 Å². The van der Waals surface area contributed by atoms with E-state index in [-0.39, 0.29) is 16.9 Å². The predicted octanol–water partition coefficient (Wildman–Crippen LogP) is 4.92. The van der Waals surface area contributed by atoms with Crippen molar-refractivity contribution in [2.75, 3.05) is 6.54 Å².